The van der Waals surface area contributed by atoms with E-state index in [0.29, 0.717) is 24.7 Å². The Morgan fingerprint density at radius 2 is 1.93 bits per heavy atom. The summed E-state index contributed by atoms with van der Waals surface area (Å²) in [7, 11) is 1.86. The van der Waals surface area contributed by atoms with Crippen LogP contribution >= 0.6 is 0 Å². The van der Waals surface area contributed by atoms with Crippen molar-refractivity contribution in [3.63, 3.8) is 0 Å². The molecule has 0 saturated heterocycles. The van der Waals surface area contributed by atoms with Crippen LogP contribution in [-0.2, 0) is 4.79 Å². The van der Waals surface area contributed by atoms with Crippen molar-refractivity contribution < 1.29 is 18.8 Å². The number of carbonyl (C=O) groups is 1. The SMILES string of the molecule is Cc1ccc(-c2cc(NC(=O)CN(C)C[C@H]3COc4ccccc4O3)on2)cc1. The molecule has 1 aromatic heterocycles. The van der Waals surface area contributed by atoms with E-state index in [0.717, 1.165) is 17.1 Å². The first kappa shape index (κ1) is 19.0. The van der Waals surface area contributed by atoms with Gasteiger partial charge in [-0.1, -0.05) is 47.1 Å². The molecule has 1 N–H and O–H groups in total. The summed E-state index contributed by atoms with van der Waals surface area (Å²) >= 11 is 0. The zero-order valence-electron chi connectivity index (χ0n) is 16.4. The minimum atomic E-state index is -0.184. The fourth-order valence-electron chi connectivity index (χ4n) is 3.18. The molecule has 1 aliphatic rings. The minimum absolute atomic E-state index is 0.138. The largest absolute Gasteiger partial charge is 0.486 e. The highest BCUT2D eigenvalue weighted by Gasteiger charge is 2.22. The van der Waals surface area contributed by atoms with E-state index < -0.39 is 0 Å². The molecule has 1 aliphatic heterocycles. The molecule has 1 atom stereocenters. The third kappa shape index (κ3) is 4.75. The second-order valence-corrected chi connectivity index (χ2v) is 7.18. The van der Waals surface area contributed by atoms with E-state index in [1.54, 1.807) is 6.07 Å². The summed E-state index contributed by atoms with van der Waals surface area (Å²) in [6.07, 6.45) is -0.138. The molecule has 0 fully saturated rings. The highest BCUT2D eigenvalue weighted by Crippen LogP contribution is 2.31. The van der Waals surface area contributed by atoms with E-state index >= 15 is 0 Å². The highest BCUT2D eigenvalue weighted by molar-refractivity contribution is 5.91. The van der Waals surface area contributed by atoms with Crippen LogP contribution < -0.4 is 14.8 Å². The molecule has 7 heteroatoms. The summed E-state index contributed by atoms with van der Waals surface area (Å²) in [5.74, 6) is 1.62. The molecule has 0 unspecified atom stereocenters. The second-order valence-electron chi connectivity index (χ2n) is 7.18. The quantitative estimate of drug-likeness (QED) is 0.692. The van der Waals surface area contributed by atoms with Gasteiger partial charge in [0, 0.05) is 18.2 Å². The molecule has 0 bridgehead atoms. The highest BCUT2D eigenvalue weighted by atomic mass is 16.6. The maximum absolute atomic E-state index is 12.3. The van der Waals surface area contributed by atoms with E-state index in [2.05, 4.69) is 10.5 Å². The Kier molecular flexibility index (Phi) is 5.48. The van der Waals surface area contributed by atoms with Crippen LogP contribution in [0.25, 0.3) is 11.3 Å². The lowest BCUT2D eigenvalue weighted by atomic mass is 10.1. The van der Waals surface area contributed by atoms with Crippen LogP contribution in [0.4, 0.5) is 5.88 Å². The number of amides is 1. The number of hydrogen-bond donors (Lipinski definition) is 1. The first-order valence-corrected chi connectivity index (χ1v) is 9.47. The first-order chi connectivity index (χ1) is 14.1. The number of benzene rings is 2. The van der Waals surface area contributed by atoms with Crippen molar-refractivity contribution in [2.24, 2.45) is 0 Å². The first-order valence-electron chi connectivity index (χ1n) is 9.47. The van der Waals surface area contributed by atoms with Crippen LogP contribution in [0.15, 0.2) is 59.1 Å². The molecule has 2 heterocycles. The van der Waals surface area contributed by atoms with Gasteiger partial charge in [0.05, 0.1) is 6.54 Å². The van der Waals surface area contributed by atoms with Gasteiger partial charge in [0.15, 0.2) is 11.5 Å². The molecule has 7 nitrogen and oxygen atoms in total. The Labute approximate surface area is 169 Å². The number of nitrogens with zero attached hydrogens (tertiary/aromatic N) is 2. The van der Waals surface area contributed by atoms with Crippen molar-refractivity contribution in [2.45, 2.75) is 13.0 Å². The molecule has 0 saturated carbocycles. The molecule has 150 valence electrons. The molecule has 0 radical (unpaired) electrons. The molecular formula is C22H23N3O4. The maximum atomic E-state index is 12.3. The van der Waals surface area contributed by atoms with Crippen LogP contribution in [0, 0.1) is 6.92 Å². The number of para-hydroxylation sites is 2. The van der Waals surface area contributed by atoms with Gasteiger partial charge < -0.3 is 14.0 Å². The van der Waals surface area contributed by atoms with E-state index in [-0.39, 0.29) is 18.6 Å². The van der Waals surface area contributed by atoms with E-state index in [4.69, 9.17) is 14.0 Å². The molecule has 1 amide bonds. The predicted molar refractivity (Wildman–Crippen MR) is 109 cm³/mol. The topological polar surface area (TPSA) is 76.8 Å². The number of aromatic nitrogens is 1. The van der Waals surface area contributed by atoms with Crippen LogP contribution in [0.5, 0.6) is 11.5 Å². The van der Waals surface area contributed by atoms with Crippen LogP contribution in [-0.4, -0.2) is 48.8 Å². The number of rotatable bonds is 6. The zero-order valence-corrected chi connectivity index (χ0v) is 16.4. The van der Waals surface area contributed by atoms with Crippen molar-refractivity contribution in [2.75, 3.05) is 32.1 Å². The number of likely N-dealkylation sites (N-methyl/N-ethyl adjacent to an activating group) is 1. The van der Waals surface area contributed by atoms with Crippen LogP contribution in [0.2, 0.25) is 0 Å². The van der Waals surface area contributed by atoms with Gasteiger partial charge in [0.25, 0.3) is 0 Å². The van der Waals surface area contributed by atoms with Crippen molar-refractivity contribution in [3.05, 3.63) is 60.2 Å². The van der Waals surface area contributed by atoms with Crippen molar-refractivity contribution >= 4 is 11.8 Å². The van der Waals surface area contributed by atoms with Crippen molar-refractivity contribution in [1.82, 2.24) is 10.1 Å². The van der Waals surface area contributed by atoms with Crippen LogP contribution in [0.3, 0.4) is 0 Å². The summed E-state index contributed by atoms with van der Waals surface area (Å²) < 4.78 is 16.9. The minimum Gasteiger partial charge on any atom is -0.486 e. The Morgan fingerprint density at radius 3 is 2.72 bits per heavy atom. The number of nitrogens with one attached hydrogen (secondary N) is 1. The number of aryl methyl sites for hydroxylation is 1. The molecule has 3 aromatic rings. The van der Waals surface area contributed by atoms with E-state index in [1.807, 2.05) is 67.4 Å². The second kappa shape index (κ2) is 8.36. The van der Waals surface area contributed by atoms with Gasteiger partial charge in [-0.3, -0.25) is 15.0 Å². The van der Waals surface area contributed by atoms with Crippen molar-refractivity contribution in [1.29, 1.82) is 0 Å². The number of hydrogen-bond acceptors (Lipinski definition) is 6. The molecule has 2 aromatic carbocycles. The number of carbonyl (C=O) groups excluding carboxylic acids is 1. The Hall–Kier alpha value is -3.32. The molecule has 4 rings (SSSR count). The van der Waals surface area contributed by atoms with E-state index in [1.165, 1.54) is 5.56 Å². The normalized spacial score (nSPS) is 15.3. The van der Waals surface area contributed by atoms with Gasteiger partial charge in [0.2, 0.25) is 11.8 Å². The van der Waals surface area contributed by atoms with Gasteiger partial charge in [-0.2, -0.15) is 0 Å². The third-order valence-electron chi connectivity index (χ3n) is 4.62. The van der Waals surface area contributed by atoms with E-state index in [9.17, 15) is 4.79 Å². The van der Waals surface area contributed by atoms with Gasteiger partial charge in [-0.25, -0.2) is 0 Å². The summed E-state index contributed by atoms with van der Waals surface area (Å²) in [5, 5.41) is 6.77. The smallest absolute Gasteiger partial charge is 0.240 e. The zero-order chi connectivity index (χ0) is 20.2. The lowest BCUT2D eigenvalue weighted by Crippen LogP contribution is -2.42. The standard InChI is InChI=1S/C22H23N3O4/c1-15-7-9-16(10-8-15)18-11-22(29-24-18)23-21(26)13-25(2)12-17-14-27-19-5-3-4-6-20(19)28-17/h3-11,17H,12-14H2,1-2H3,(H,23,26)/t17-/m0/s1. The summed E-state index contributed by atoms with van der Waals surface area (Å²) in [6.45, 7) is 3.23. The monoisotopic (exact) mass is 393 g/mol. The van der Waals surface area contributed by atoms with Crippen molar-refractivity contribution in [3.8, 4) is 22.8 Å². The maximum Gasteiger partial charge on any atom is 0.240 e. The summed E-state index contributed by atoms with van der Waals surface area (Å²) in [4.78, 5) is 14.2. The lowest BCUT2D eigenvalue weighted by molar-refractivity contribution is -0.117. The Bertz CT molecular complexity index is 984. The predicted octanol–water partition coefficient (Wildman–Crippen LogP) is 3.36. The number of ether oxygens (including phenoxy) is 2. The summed E-state index contributed by atoms with van der Waals surface area (Å²) in [6, 6.07) is 17.2. The fraction of sp³-hybridized carbons (Fsp3) is 0.273. The molecular weight excluding hydrogens is 370 g/mol. The Balaban J connectivity index is 1.28. The number of anilines is 1. The third-order valence-corrected chi connectivity index (χ3v) is 4.62. The van der Waals surface area contributed by atoms with Gasteiger partial charge in [-0.05, 0) is 26.1 Å². The molecule has 0 aliphatic carbocycles. The van der Waals surface area contributed by atoms with Gasteiger partial charge in [0.1, 0.15) is 18.4 Å². The fourth-order valence-corrected chi connectivity index (χ4v) is 3.18. The van der Waals surface area contributed by atoms with Crippen LogP contribution in [0.1, 0.15) is 5.56 Å². The average molecular weight is 393 g/mol. The Morgan fingerprint density at radius 1 is 1.17 bits per heavy atom. The summed E-state index contributed by atoms with van der Waals surface area (Å²) in [5.41, 5.74) is 2.79. The number of fused-ring (bicyclic) bond motifs is 1. The lowest BCUT2D eigenvalue weighted by Gasteiger charge is -2.29. The van der Waals surface area contributed by atoms with Gasteiger partial charge >= 0.3 is 0 Å². The molecule has 29 heavy (non-hydrogen) atoms. The van der Waals surface area contributed by atoms with Gasteiger partial charge in [-0.15, -0.1) is 0 Å². The molecule has 0 spiro atoms. The average Bonchev–Trinajstić information content (AvgIpc) is 3.16.